The van der Waals surface area contributed by atoms with E-state index in [1.165, 1.54) is 25.7 Å². The molecule has 1 aliphatic heterocycles. The van der Waals surface area contributed by atoms with Crippen molar-refractivity contribution in [1.29, 1.82) is 0 Å². The average Bonchev–Trinajstić information content (AvgIpc) is 2.96. The molecular formula is C15H17BrClNO. The van der Waals surface area contributed by atoms with Crippen LogP contribution in [0.3, 0.4) is 0 Å². The topological polar surface area (TPSA) is 29.1 Å². The normalized spacial score (nSPS) is 20.4. The molecule has 1 aromatic rings. The molecule has 1 fully saturated rings. The minimum atomic E-state index is 0.0403. The highest BCUT2D eigenvalue weighted by molar-refractivity contribution is 9.10. The molecule has 1 heterocycles. The van der Waals surface area contributed by atoms with Gasteiger partial charge in [0.1, 0.15) is 0 Å². The zero-order valence-corrected chi connectivity index (χ0v) is 13.1. The van der Waals surface area contributed by atoms with Gasteiger partial charge < -0.3 is 5.32 Å². The van der Waals surface area contributed by atoms with Gasteiger partial charge in [-0.05, 0) is 29.5 Å². The Morgan fingerprint density at radius 2 is 2.11 bits per heavy atom. The Labute approximate surface area is 127 Å². The van der Waals surface area contributed by atoms with Crippen molar-refractivity contribution < 1.29 is 4.79 Å². The molecule has 0 spiro atoms. The SMILES string of the molecule is O=C1Cc2cc(C(Cl)CC3CCCC3)c(Br)cc2N1. The number of alkyl halides is 1. The molecule has 2 nitrogen and oxygen atoms in total. The van der Waals surface area contributed by atoms with Crippen LogP contribution in [-0.2, 0) is 11.2 Å². The Balaban J connectivity index is 1.80. The van der Waals surface area contributed by atoms with Crippen molar-refractivity contribution in [2.24, 2.45) is 5.92 Å². The predicted molar refractivity (Wildman–Crippen MR) is 81.6 cm³/mol. The number of anilines is 1. The number of carbonyl (C=O) groups excluding carboxylic acids is 1. The van der Waals surface area contributed by atoms with Crippen molar-refractivity contribution in [1.82, 2.24) is 0 Å². The number of halogens is 2. The molecule has 0 bridgehead atoms. The maximum atomic E-state index is 11.4. The molecule has 0 aromatic heterocycles. The van der Waals surface area contributed by atoms with Gasteiger partial charge in [-0.3, -0.25) is 4.79 Å². The highest BCUT2D eigenvalue weighted by atomic mass is 79.9. The van der Waals surface area contributed by atoms with Crippen molar-refractivity contribution >= 4 is 39.1 Å². The van der Waals surface area contributed by atoms with Crippen LogP contribution in [0.25, 0.3) is 0 Å². The first-order valence-electron chi connectivity index (χ1n) is 6.89. The number of hydrogen-bond acceptors (Lipinski definition) is 1. The summed E-state index contributed by atoms with van der Waals surface area (Å²) in [5.74, 6) is 0.836. The number of rotatable bonds is 3. The molecule has 1 N–H and O–H groups in total. The van der Waals surface area contributed by atoms with Gasteiger partial charge in [-0.2, -0.15) is 0 Å². The zero-order valence-electron chi connectivity index (χ0n) is 10.7. The van der Waals surface area contributed by atoms with Gasteiger partial charge in [0.05, 0.1) is 11.8 Å². The van der Waals surface area contributed by atoms with Crippen molar-refractivity contribution in [3.63, 3.8) is 0 Å². The fourth-order valence-corrected chi connectivity index (χ4v) is 4.36. The van der Waals surface area contributed by atoms with E-state index in [0.29, 0.717) is 6.42 Å². The summed E-state index contributed by atoms with van der Waals surface area (Å²) < 4.78 is 1.01. The zero-order chi connectivity index (χ0) is 13.4. The lowest BCUT2D eigenvalue weighted by Gasteiger charge is -2.17. The summed E-state index contributed by atoms with van der Waals surface area (Å²) in [5, 5.41) is 2.91. The summed E-state index contributed by atoms with van der Waals surface area (Å²) in [4.78, 5) is 11.4. The molecule has 0 radical (unpaired) electrons. The van der Waals surface area contributed by atoms with E-state index in [9.17, 15) is 4.79 Å². The molecule has 1 atom stereocenters. The molecule has 1 aliphatic carbocycles. The molecule has 3 rings (SSSR count). The molecule has 4 heteroatoms. The molecule has 2 aliphatic rings. The molecule has 102 valence electrons. The van der Waals surface area contributed by atoms with E-state index in [4.69, 9.17) is 11.6 Å². The van der Waals surface area contributed by atoms with Crippen LogP contribution < -0.4 is 5.32 Å². The van der Waals surface area contributed by atoms with Crippen LogP contribution in [0.1, 0.15) is 48.6 Å². The van der Waals surface area contributed by atoms with Gasteiger partial charge in [-0.15, -0.1) is 11.6 Å². The van der Waals surface area contributed by atoms with Gasteiger partial charge in [0.2, 0.25) is 5.91 Å². The molecule has 1 aromatic carbocycles. The third kappa shape index (κ3) is 2.82. The van der Waals surface area contributed by atoms with E-state index in [1.54, 1.807) is 0 Å². The Morgan fingerprint density at radius 3 is 2.84 bits per heavy atom. The highest BCUT2D eigenvalue weighted by Crippen LogP contribution is 2.41. The minimum absolute atomic E-state index is 0.0403. The van der Waals surface area contributed by atoms with Gasteiger partial charge in [0.15, 0.2) is 0 Å². The first-order valence-corrected chi connectivity index (χ1v) is 8.12. The van der Waals surface area contributed by atoms with E-state index in [-0.39, 0.29) is 11.3 Å². The number of hydrogen-bond donors (Lipinski definition) is 1. The second-order valence-corrected chi connectivity index (χ2v) is 6.99. The lowest BCUT2D eigenvalue weighted by molar-refractivity contribution is -0.115. The molecule has 1 saturated carbocycles. The Morgan fingerprint density at radius 1 is 1.37 bits per heavy atom. The fraction of sp³-hybridized carbons (Fsp3) is 0.533. The molecule has 1 amide bonds. The smallest absolute Gasteiger partial charge is 0.228 e. The maximum absolute atomic E-state index is 11.4. The largest absolute Gasteiger partial charge is 0.325 e. The second-order valence-electron chi connectivity index (χ2n) is 5.61. The van der Waals surface area contributed by atoms with Gasteiger partial charge >= 0.3 is 0 Å². The van der Waals surface area contributed by atoms with Crippen molar-refractivity contribution in [3.8, 4) is 0 Å². The Bertz CT molecular complexity index is 511. The Kier molecular flexibility index (Phi) is 3.86. The first-order chi connectivity index (χ1) is 9.13. The summed E-state index contributed by atoms with van der Waals surface area (Å²) in [6, 6.07) is 4.07. The standard InChI is InChI=1S/C15H17BrClNO/c16-12-8-14-10(7-15(19)18-14)6-11(12)13(17)5-9-3-1-2-4-9/h6,8-9,13H,1-5,7H2,(H,18,19). The van der Waals surface area contributed by atoms with E-state index >= 15 is 0 Å². The molecule has 0 saturated heterocycles. The maximum Gasteiger partial charge on any atom is 0.228 e. The molecule has 1 unspecified atom stereocenters. The van der Waals surface area contributed by atoms with E-state index in [2.05, 4.69) is 27.3 Å². The van der Waals surface area contributed by atoms with E-state index < -0.39 is 0 Å². The van der Waals surface area contributed by atoms with Crippen LogP contribution in [-0.4, -0.2) is 5.91 Å². The number of amides is 1. The van der Waals surface area contributed by atoms with Gasteiger partial charge in [-0.1, -0.05) is 47.7 Å². The number of nitrogens with one attached hydrogen (secondary N) is 1. The highest BCUT2D eigenvalue weighted by Gasteiger charge is 2.24. The lowest BCUT2D eigenvalue weighted by Crippen LogP contribution is -2.03. The summed E-state index contributed by atoms with van der Waals surface area (Å²) in [6.45, 7) is 0. The summed E-state index contributed by atoms with van der Waals surface area (Å²) in [7, 11) is 0. The lowest BCUT2D eigenvalue weighted by atomic mass is 9.96. The van der Waals surface area contributed by atoms with Gasteiger partial charge in [-0.25, -0.2) is 0 Å². The van der Waals surface area contributed by atoms with Gasteiger partial charge in [0.25, 0.3) is 0 Å². The number of fused-ring (bicyclic) bond motifs is 1. The number of benzene rings is 1. The van der Waals surface area contributed by atoms with Crippen LogP contribution in [0.2, 0.25) is 0 Å². The summed E-state index contributed by atoms with van der Waals surface area (Å²) >= 11 is 10.2. The predicted octanol–water partition coefficient (Wildman–Crippen LogP) is 4.80. The quantitative estimate of drug-likeness (QED) is 0.785. The molecule has 19 heavy (non-hydrogen) atoms. The third-order valence-corrected chi connectivity index (χ3v) is 5.30. The van der Waals surface area contributed by atoms with Crippen LogP contribution in [0.4, 0.5) is 5.69 Å². The second kappa shape index (κ2) is 5.45. The number of carbonyl (C=O) groups is 1. The average molecular weight is 343 g/mol. The van der Waals surface area contributed by atoms with Crippen molar-refractivity contribution in [3.05, 3.63) is 27.7 Å². The van der Waals surface area contributed by atoms with Crippen LogP contribution in [0, 0.1) is 5.92 Å². The van der Waals surface area contributed by atoms with E-state index in [0.717, 1.165) is 33.6 Å². The fourth-order valence-electron chi connectivity index (χ4n) is 3.17. The van der Waals surface area contributed by atoms with Crippen molar-refractivity contribution in [2.75, 3.05) is 5.32 Å². The summed E-state index contributed by atoms with van der Waals surface area (Å²) in [6.07, 6.45) is 6.83. The first kappa shape index (κ1) is 13.4. The Hall–Kier alpha value is -0.540. The minimum Gasteiger partial charge on any atom is -0.325 e. The third-order valence-electron chi connectivity index (χ3n) is 4.20. The monoisotopic (exact) mass is 341 g/mol. The summed E-state index contributed by atoms with van der Waals surface area (Å²) in [5.41, 5.74) is 3.12. The molecular weight excluding hydrogens is 326 g/mol. The van der Waals surface area contributed by atoms with Crippen LogP contribution >= 0.6 is 27.5 Å². The van der Waals surface area contributed by atoms with Crippen LogP contribution in [0.5, 0.6) is 0 Å². The van der Waals surface area contributed by atoms with Crippen molar-refractivity contribution in [2.45, 2.75) is 43.9 Å². The van der Waals surface area contributed by atoms with E-state index in [1.807, 2.05) is 6.07 Å². The van der Waals surface area contributed by atoms with Gasteiger partial charge in [0, 0.05) is 10.2 Å². The van der Waals surface area contributed by atoms with Crippen LogP contribution in [0.15, 0.2) is 16.6 Å².